The first kappa shape index (κ1) is 25.6. The van der Waals surface area contributed by atoms with Gasteiger partial charge in [0.15, 0.2) is 0 Å². The van der Waals surface area contributed by atoms with Crippen molar-refractivity contribution >= 4 is 17.8 Å². The molecule has 3 N–H and O–H groups in total. The largest absolute Gasteiger partial charge is 0.497 e. The van der Waals surface area contributed by atoms with Gasteiger partial charge in [0.25, 0.3) is 0 Å². The number of morpholine rings is 1. The molecule has 0 radical (unpaired) electrons. The Hall–Kier alpha value is -2.69. The van der Waals surface area contributed by atoms with Crippen molar-refractivity contribution in [3.05, 3.63) is 29.8 Å². The Morgan fingerprint density at radius 1 is 1.00 bits per heavy atom. The number of nitrogens with one attached hydrogen (secondary N) is 1. The summed E-state index contributed by atoms with van der Waals surface area (Å²) in [6, 6.07) is 7.88. The summed E-state index contributed by atoms with van der Waals surface area (Å²) in [4.78, 5) is 33.7. The second-order valence-electron chi connectivity index (χ2n) is 7.60. The number of amides is 1. The van der Waals surface area contributed by atoms with Gasteiger partial charge < -0.3 is 29.7 Å². The number of methoxy groups -OCH3 is 1. The van der Waals surface area contributed by atoms with Gasteiger partial charge in [-0.15, -0.1) is 0 Å². The minimum Gasteiger partial charge on any atom is -0.497 e. The van der Waals surface area contributed by atoms with Gasteiger partial charge in [0.2, 0.25) is 5.91 Å². The van der Waals surface area contributed by atoms with Crippen LogP contribution in [0.3, 0.4) is 0 Å². The van der Waals surface area contributed by atoms with E-state index < -0.39 is 17.4 Å². The van der Waals surface area contributed by atoms with Gasteiger partial charge in [0.05, 0.1) is 25.7 Å². The van der Waals surface area contributed by atoms with E-state index in [-0.39, 0.29) is 5.91 Å². The molecule has 32 heavy (non-hydrogen) atoms. The Kier molecular flexibility index (Phi) is 10.4. The zero-order chi connectivity index (χ0) is 23.4. The molecule has 0 aromatic heterocycles. The molecule has 3 rings (SSSR count). The fraction of sp³-hybridized carbons (Fsp3) is 0.591. The number of hydrogen-bond acceptors (Lipinski definition) is 7. The second-order valence-corrected chi connectivity index (χ2v) is 7.60. The van der Waals surface area contributed by atoms with Crippen molar-refractivity contribution in [3.8, 4) is 5.75 Å². The van der Waals surface area contributed by atoms with Crippen LogP contribution >= 0.6 is 0 Å². The van der Waals surface area contributed by atoms with Crippen LogP contribution in [0.5, 0.6) is 5.75 Å². The van der Waals surface area contributed by atoms with Crippen molar-refractivity contribution in [3.63, 3.8) is 0 Å². The van der Waals surface area contributed by atoms with Crippen LogP contribution in [0.2, 0.25) is 0 Å². The lowest BCUT2D eigenvalue weighted by Crippen LogP contribution is -2.48. The Balaban J connectivity index is 0.000000534. The molecule has 0 unspecified atom stereocenters. The standard InChI is InChI=1S/C20H30N2O4.C2H2O4/c1-24-18-5-3-17(4-6-18)20(7-13-25-14-8-20)19(23)21-9-2-10-22-11-15-26-16-12-22;3-1(4)2(5)6/h3-6H,2,7-16H2,1H3,(H,21,23);(H,3,4)(H,5,6). The number of rotatable bonds is 7. The van der Waals surface area contributed by atoms with Crippen molar-refractivity contribution in [2.75, 3.05) is 59.7 Å². The van der Waals surface area contributed by atoms with Crippen molar-refractivity contribution in [2.45, 2.75) is 24.7 Å². The smallest absolute Gasteiger partial charge is 0.414 e. The Bertz CT molecular complexity index is 729. The summed E-state index contributed by atoms with van der Waals surface area (Å²) < 4.78 is 16.1. The summed E-state index contributed by atoms with van der Waals surface area (Å²) in [7, 11) is 1.65. The Morgan fingerprint density at radius 2 is 1.56 bits per heavy atom. The van der Waals surface area contributed by atoms with E-state index in [0.29, 0.717) is 32.6 Å². The van der Waals surface area contributed by atoms with Crippen LogP contribution in [-0.4, -0.2) is 92.7 Å². The highest BCUT2D eigenvalue weighted by atomic mass is 16.5. The third-order valence-electron chi connectivity index (χ3n) is 5.65. The summed E-state index contributed by atoms with van der Waals surface area (Å²) in [5, 5.41) is 18.0. The molecule has 0 atom stereocenters. The minimum atomic E-state index is -1.82. The fourth-order valence-corrected chi connectivity index (χ4v) is 3.78. The van der Waals surface area contributed by atoms with E-state index in [1.165, 1.54) is 0 Å². The van der Waals surface area contributed by atoms with Gasteiger partial charge in [-0.25, -0.2) is 9.59 Å². The zero-order valence-electron chi connectivity index (χ0n) is 18.4. The Morgan fingerprint density at radius 3 is 2.09 bits per heavy atom. The molecule has 2 aliphatic heterocycles. The van der Waals surface area contributed by atoms with E-state index in [9.17, 15) is 4.79 Å². The van der Waals surface area contributed by atoms with Crippen molar-refractivity contribution in [2.24, 2.45) is 0 Å². The SMILES string of the molecule is COc1ccc(C2(C(=O)NCCCN3CCOCC3)CCOCC2)cc1.O=C(O)C(=O)O. The molecule has 0 bridgehead atoms. The maximum Gasteiger partial charge on any atom is 0.414 e. The maximum atomic E-state index is 13.1. The third-order valence-corrected chi connectivity index (χ3v) is 5.65. The number of hydrogen-bond donors (Lipinski definition) is 3. The van der Waals surface area contributed by atoms with Crippen LogP contribution in [0.1, 0.15) is 24.8 Å². The first-order valence-corrected chi connectivity index (χ1v) is 10.7. The maximum absolute atomic E-state index is 13.1. The molecule has 178 valence electrons. The predicted molar refractivity (Wildman–Crippen MR) is 115 cm³/mol. The average molecular weight is 453 g/mol. The van der Waals surface area contributed by atoms with E-state index in [1.807, 2.05) is 24.3 Å². The van der Waals surface area contributed by atoms with E-state index in [4.69, 9.17) is 34.0 Å². The number of carbonyl (C=O) groups is 3. The number of carbonyl (C=O) groups excluding carboxylic acids is 1. The van der Waals surface area contributed by atoms with E-state index in [1.54, 1.807) is 7.11 Å². The lowest BCUT2D eigenvalue weighted by atomic mass is 9.73. The number of ether oxygens (including phenoxy) is 3. The van der Waals surface area contributed by atoms with Gasteiger partial charge >= 0.3 is 11.9 Å². The first-order chi connectivity index (χ1) is 15.4. The normalized spacial score (nSPS) is 18.0. The third kappa shape index (κ3) is 7.47. The fourth-order valence-electron chi connectivity index (χ4n) is 3.78. The lowest BCUT2D eigenvalue weighted by molar-refractivity contribution is -0.159. The monoisotopic (exact) mass is 452 g/mol. The van der Waals surface area contributed by atoms with Gasteiger partial charge in [-0.2, -0.15) is 0 Å². The Labute approximate surface area is 187 Å². The molecule has 2 aliphatic rings. The van der Waals surface area contributed by atoms with E-state index in [2.05, 4.69) is 10.2 Å². The van der Waals surface area contributed by atoms with Gasteiger partial charge in [-0.05, 0) is 43.5 Å². The highest BCUT2D eigenvalue weighted by Crippen LogP contribution is 2.36. The summed E-state index contributed by atoms with van der Waals surface area (Å²) in [6.45, 7) is 6.54. The molecule has 1 amide bonds. The molecule has 0 saturated carbocycles. The quantitative estimate of drug-likeness (QED) is 0.404. The minimum absolute atomic E-state index is 0.118. The molecule has 1 aromatic rings. The molecule has 0 aliphatic carbocycles. The molecule has 0 spiro atoms. The van der Waals surface area contributed by atoms with E-state index in [0.717, 1.165) is 50.6 Å². The van der Waals surface area contributed by atoms with Gasteiger partial charge in [-0.3, -0.25) is 9.69 Å². The first-order valence-electron chi connectivity index (χ1n) is 10.7. The summed E-state index contributed by atoms with van der Waals surface area (Å²) in [5.74, 6) is -2.72. The molecule has 10 heteroatoms. The number of nitrogens with zero attached hydrogens (tertiary/aromatic N) is 1. The highest BCUT2D eigenvalue weighted by Gasteiger charge is 2.41. The number of carboxylic acids is 2. The van der Waals surface area contributed by atoms with Gasteiger partial charge in [-0.1, -0.05) is 12.1 Å². The van der Waals surface area contributed by atoms with Crippen LogP contribution in [0, 0.1) is 0 Å². The van der Waals surface area contributed by atoms with Crippen LogP contribution in [0.4, 0.5) is 0 Å². The number of benzene rings is 1. The molecule has 10 nitrogen and oxygen atoms in total. The van der Waals surface area contributed by atoms with E-state index >= 15 is 0 Å². The zero-order valence-corrected chi connectivity index (χ0v) is 18.4. The molecular formula is C22H32N2O8. The second kappa shape index (κ2) is 13.0. The van der Waals surface area contributed by atoms with Crippen LogP contribution in [0.25, 0.3) is 0 Å². The molecule has 2 heterocycles. The van der Waals surface area contributed by atoms with Crippen LogP contribution < -0.4 is 10.1 Å². The van der Waals surface area contributed by atoms with Gasteiger partial charge in [0.1, 0.15) is 5.75 Å². The molecule has 2 saturated heterocycles. The van der Waals surface area contributed by atoms with Gasteiger partial charge in [0, 0.05) is 32.8 Å². The van der Waals surface area contributed by atoms with Crippen LogP contribution in [-0.2, 0) is 29.3 Å². The number of carboxylic acid groups (broad SMARTS) is 2. The average Bonchev–Trinajstić information content (AvgIpc) is 2.83. The van der Waals surface area contributed by atoms with Crippen molar-refractivity contribution in [1.29, 1.82) is 0 Å². The topological polar surface area (TPSA) is 135 Å². The van der Waals surface area contributed by atoms with Crippen LogP contribution in [0.15, 0.2) is 24.3 Å². The lowest BCUT2D eigenvalue weighted by Gasteiger charge is -2.36. The molecular weight excluding hydrogens is 420 g/mol. The predicted octanol–water partition coefficient (Wildman–Crippen LogP) is 0.738. The summed E-state index contributed by atoms with van der Waals surface area (Å²) in [6.07, 6.45) is 2.39. The van der Waals surface area contributed by atoms with Crippen molar-refractivity contribution < 1.29 is 38.8 Å². The van der Waals surface area contributed by atoms with Crippen molar-refractivity contribution in [1.82, 2.24) is 10.2 Å². The summed E-state index contributed by atoms with van der Waals surface area (Å²) >= 11 is 0. The summed E-state index contributed by atoms with van der Waals surface area (Å²) in [5.41, 5.74) is 0.552. The number of aliphatic carboxylic acids is 2. The molecule has 2 fully saturated rings. The molecule has 1 aromatic carbocycles. The highest BCUT2D eigenvalue weighted by molar-refractivity contribution is 6.27.